The summed E-state index contributed by atoms with van der Waals surface area (Å²) < 4.78 is 0.404. The molecule has 0 fully saturated rings. The average molecular weight is 443 g/mol. The topological polar surface area (TPSA) is 141 Å². The highest BCUT2D eigenvalue weighted by atomic mass is 35.5. The first-order valence-corrected chi connectivity index (χ1v) is 9.18. The van der Waals surface area contributed by atoms with E-state index in [1.54, 1.807) is 32.0 Å². The van der Waals surface area contributed by atoms with Crippen LogP contribution in [0.1, 0.15) is 11.1 Å². The molecular formula is C20H15ClN4O6. The zero-order valence-corrected chi connectivity index (χ0v) is 17.0. The van der Waals surface area contributed by atoms with Gasteiger partial charge in [-0.3, -0.25) is 25.0 Å². The summed E-state index contributed by atoms with van der Waals surface area (Å²) in [4.78, 5) is 36.2. The van der Waals surface area contributed by atoms with Gasteiger partial charge in [0.25, 0.3) is 16.9 Å². The monoisotopic (exact) mass is 442 g/mol. The first-order chi connectivity index (χ1) is 14.6. The minimum Gasteiger partial charge on any atom is -0.425 e. The molecule has 0 aliphatic heterocycles. The first-order valence-electron chi connectivity index (χ1n) is 8.80. The number of pyridine rings is 2. The second-order valence-electron chi connectivity index (χ2n) is 6.60. The van der Waals surface area contributed by atoms with Gasteiger partial charge in [-0.05, 0) is 32.0 Å². The normalized spacial score (nSPS) is 10.5. The number of fused-ring (bicyclic) bond motifs is 2. The van der Waals surface area contributed by atoms with E-state index in [9.17, 15) is 25.0 Å². The molecule has 158 valence electrons. The summed E-state index contributed by atoms with van der Waals surface area (Å²) in [6.45, 7) is 3.30. The highest BCUT2D eigenvalue weighted by Crippen LogP contribution is 2.31. The summed E-state index contributed by atoms with van der Waals surface area (Å²) in [5, 5.41) is 32.7. The third-order valence-corrected chi connectivity index (χ3v) is 4.98. The Morgan fingerprint density at radius 1 is 0.871 bits per heavy atom. The first kappa shape index (κ1) is 21.7. The van der Waals surface area contributed by atoms with E-state index in [0.29, 0.717) is 26.6 Å². The third kappa shape index (κ3) is 4.01. The number of aromatic nitrogens is 2. The minimum atomic E-state index is -0.666. The fourth-order valence-electron chi connectivity index (χ4n) is 3.21. The van der Waals surface area contributed by atoms with Crippen LogP contribution in [0.25, 0.3) is 21.5 Å². The maximum absolute atomic E-state index is 11.5. The maximum atomic E-state index is 11.5. The van der Waals surface area contributed by atoms with Gasteiger partial charge in [0, 0.05) is 28.9 Å². The number of aryl methyl sites for hydroxylation is 2. The zero-order valence-electron chi connectivity index (χ0n) is 16.3. The smallest absolute Gasteiger partial charge is 0.290 e. The van der Waals surface area contributed by atoms with Crippen molar-refractivity contribution < 1.29 is 15.1 Å². The SMILES string of the molecule is Cc1ccc2c(=O)n(O)ccc2c1[N+](=O)[O-].Cc1ccc2c(Cl)nccc2c1[N+](=O)[O-]. The van der Waals surface area contributed by atoms with Gasteiger partial charge in [-0.25, -0.2) is 4.98 Å². The second kappa shape index (κ2) is 8.36. The molecule has 31 heavy (non-hydrogen) atoms. The molecule has 0 atom stereocenters. The largest absolute Gasteiger partial charge is 0.425 e. The molecule has 2 aromatic carbocycles. The summed E-state index contributed by atoms with van der Waals surface area (Å²) >= 11 is 5.85. The van der Waals surface area contributed by atoms with E-state index < -0.39 is 15.4 Å². The predicted octanol–water partition coefficient (Wildman–Crippen LogP) is 4.56. The summed E-state index contributed by atoms with van der Waals surface area (Å²) in [5.74, 6) is 0. The molecule has 0 unspecified atom stereocenters. The van der Waals surface area contributed by atoms with Crippen molar-refractivity contribution >= 4 is 44.5 Å². The van der Waals surface area contributed by atoms with E-state index in [1.807, 2.05) is 0 Å². The zero-order chi connectivity index (χ0) is 22.9. The van der Waals surface area contributed by atoms with E-state index in [-0.39, 0.29) is 27.3 Å². The molecule has 11 heteroatoms. The van der Waals surface area contributed by atoms with Crippen molar-refractivity contribution in [3.05, 3.63) is 95.7 Å². The molecular weight excluding hydrogens is 428 g/mol. The maximum Gasteiger partial charge on any atom is 0.290 e. The number of rotatable bonds is 2. The van der Waals surface area contributed by atoms with Crippen LogP contribution in [0.15, 0.2) is 53.6 Å². The standard InChI is InChI=1S/C10H7ClN2O2.C10H8N2O4/c1-6-2-3-8-7(9(6)13(14)15)4-5-12-10(8)11;1-6-2-3-8-7(9(6)12(15)16)4-5-11(14)10(8)13/h2-5H,1H3;2-5,14H,1H3. The van der Waals surface area contributed by atoms with Crippen molar-refractivity contribution in [1.82, 2.24) is 9.71 Å². The Kier molecular flexibility index (Phi) is 5.84. The molecule has 10 nitrogen and oxygen atoms in total. The van der Waals surface area contributed by atoms with Gasteiger partial charge in [-0.1, -0.05) is 29.8 Å². The van der Waals surface area contributed by atoms with Crippen molar-refractivity contribution in [2.75, 3.05) is 0 Å². The fourth-order valence-corrected chi connectivity index (χ4v) is 3.43. The molecule has 0 aliphatic carbocycles. The molecule has 0 saturated heterocycles. The lowest BCUT2D eigenvalue weighted by atomic mass is 10.1. The van der Waals surface area contributed by atoms with Gasteiger partial charge in [-0.2, -0.15) is 4.73 Å². The molecule has 2 heterocycles. The van der Waals surface area contributed by atoms with E-state index in [1.165, 1.54) is 24.4 Å². The Morgan fingerprint density at radius 3 is 1.94 bits per heavy atom. The number of nitro benzene ring substituents is 2. The summed E-state index contributed by atoms with van der Waals surface area (Å²) in [6.07, 6.45) is 2.56. The molecule has 0 saturated carbocycles. The van der Waals surface area contributed by atoms with Crippen LogP contribution in [0.5, 0.6) is 0 Å². The summed E-state index contributed by atoms with van der Waals surface area (Å²) in [7, 11) is 0. The van der Waals surface area contributed by atoms with Crippen LogP contribution in [0.3, 0.4) is 0 Å². The van der Waals surface area contributed by atoms with Crippen LogP contribution in [0.4, 0.5) is 11.4 Å². The second-order valence-corrected chi connectivity index (χ2v) is 6.96. The number of hydrogen-bond donors (Lipinski definition) is 1. The van der Waals surface area contributed by atoms with E-state index in [0.717, 1.165) is 6.20 Å². The molecule has 2 aromatic heterocycles. The van der Waals surface area contributed by atoms with Gasteiger partial charge in [-0.15, -0.1) is 0 Å². The highest BCUT2D eigenvalue weighted by Gasteiger charge is 2.18. The molecule has 0 bridgehead atoms. The summed E-state index contributed by atoms with van der Waals surface area (Å²) in [6, 6.07) is 9.32. The Labute approximate surface area is 179 Å². The quantitative estimate of drug-likeness (QED) is 0.207. The van der Waals surface area contributed by atoms with Crippen molar-refractivity contribution in [3.63, 3.8) is 0 Å². The lowest BCUT2D eigenvalue weighted by Gasteiger charge is -2.03. The van der Waals surface area contributed by atoms with E-state index >= 15 is 0 Å². The van der Waals surface area contributed by atoms with Crippen molar-refractivity contribution in [1.29, 1.82) is 0 Å². The molecule has 0 spiro atoms. The molecule has 4 aromatic rings. The minimum absolute atomic E-state index is 0.0943. The van der Waals surface area contributed by atoms with Crippen LogP contribution in [-0.4, -0.2) is 24.8 Å². The van der Waals surface area contributed by atoms with Crippen molar-refractivity contribution in [3.8, 4) is 0 Å². The van der Waals surface area contributed by atoms with Gasteiger partial charge in [0.2, 0.25) is 0 Å². The van der Waals surface area contributed by atoms with Gasteiger partial charge in [0.05, 0.1) is 26.0 Å². The predicted molar refractivity (Wildman–Crippen MR) is 115 cm³/mol. The van der Waals surface area contributed by atoms with Crippen molar-refractivity contribution in [2.45, 2.75) is 13.8 Å². The number of halogens is 1. The van der Waals surface area contributed by atoms with Crippen LogP contribution in [0.2, 0.25) is 5.15 Å². The number of nitrogens with zero attached hydrogens (tertiary/aromatic N) is 4. The Balaban J connectivity index is 0.000000176. The number of hydrogen-bond acceptors (Lipinski definition) is 7. The summed E-state index contributed by atoms with van der Waals surface area (Å²) in [5.41, 5.74) is 0.426. The molecule has 0 radical (unpaired) electrons. The van der Waals surface area contributed by atoms with Gasteiger partial charge >= 0.3 is 0 Å². The van der Waals surface area contributed by atoms with Gasteiger partial charge < -0.3 is 5.21 Å². The molecule has 4 rings (SSSR count). The van der Waals surface area contributed by atoms with E-state index in [4.69, 9.17) is 16.8 Å². The fraction of sp³-hybridized carbons (Fsp3) is 0.100. The van der Waals surface area contributed by atoms with Crippen LogP contribution in [-0.2, 0) is 0 Å². The van der Waals surface area contributed by atoms with Gasteiger partial charge in [0.15, 0.2) is 0 Å². The lowest BCUT2D eigenvalue weighted by molar-refractivity contribution is -0.383. The highest BCUT2D eigenvalue weighted by molar-refractivity contribution is 6.34. The molecule has 0 aliphatic rings. The number of benzene rings is 2. The molecule has 0 amide bonds. The Morgan fingerprint density at radius 2 is 1.39 bits per heavy atom. The van der Waals surface area contributed by atoms with Crippen LogP contribution < -0.4 is 5.56 Å². The van der Waals surface area contributed by atoms with Gasteiger partial charge in [0.1, 0.15) is 5.15 Å². The van der Waals surface area contributed by atoms with E-state index in [2.05, 4.69) is 4.98 Å². The average Bonchev–Trinajstić information content (AvgIpc) is 2.70. The van der Waals surface area contributed by atoms with Crippen LogP contribution >= 0.6 is 11.6 Å². The number of nitro groups is 2. The third-order valence-electron chi connectivity index (χ3n) is 4.68. The lowest BCUT2D eigenvalue weighted by Crippen LogP contribution is -2.16. The Hall–Kier alpha value is -4.05. The van der Waals surface area contributed by atoms with Crippen LogP contribution in [0, 0.1) is 34.1 Å². The van der Waals surface area contributed by atoms with Crippen molar-refractivity contribution in [2.24, 2.45) is 0 Å². The Bertz CT molecular complexity index is 1420. The molecule has 1 N–H and O–H groups in total.